The van der Waals surface area contributed by atoms with Crippen molar-refractivity contribution in [2.24, 2.45) is 0 Å². The standard InChI is InChI=1S/C20H25N5O6/c1-12-21-19(31-24-12)14-5-6-25(10-15(14)23-18(26)11-28-2)20(27)22-13-3-4-16-17(9-13)30-8-7-29-16/h3-4,9,14-15H,5-8,10-11H2,1-2H3,(H,22,27)(H,23,26)/t14-,15+/m0/s1. The number of fused-ring (bicyclic) bond motifs is 1. The van der Waals surface area contributed by atoms with Crippen LogP contribution in [0.15, 0.2) is 22.7 Å². The maximum absolute atomic E-state index is 12.9. The number of methoxy groups -OCH3 is 1. The minimum atomic E-state index is -0.387. The first-order valence-corrected chi connectivity index (χ1v) is 10.1. The van der Waals surface area contributed by atoms with Crippen molar-refractivity contribution in [1.29, 1.82) is 0 Å². The van der Waals surface area contributed by atoms with Crippen molar-refractivity contribution in [2.75, 3.05) is 45.3 Å². The van der Waals surface area contributed by atoms with E-state index in [9.17, 15) is 9.59 Å². The van der Waals surface area contributed by atoms with Crippen molar-refractivity contribution < 1.29 is 28.3 Å². The molecule has 2 atom stereocenters. The van der Waals surface area contributed by atoms with Gasteiger partial charge >= 0.3 is 6.03 Å². The van der Waals surface area contributed by atoms with Gasteiger partial charge in [-0.3, -0.25) is 4.79 Å². The molecule has 1 fully saturated rings. The van der Waals surface area contributed by atoms with Crippen LogP contribution in [0.5, 0.6) is 11.5 Å². The van der Waals surface area contributed by atoms with Crippen LogP contribution in [0.2, 0.25) is 0 Å². The summed E-state index contributed by atoms with van der Waals surface area (Å²) in [4.78, 5) is 31.0. The molecule has 4 rings (SSSR count). The molecule has 3 amide bonds. The summed E-state index contributed by atoms with van der Waals surface area (Å²) in [7, 11) is 1.45. The van der Waals surface area contributed by atoms with E-state index in [1.807, 2.05) is 0 Å². The normalized spacial score (nSPS) is 20.3. The third-order valence-electron chi connectivity index (χ3n) is 5.18. The van der Waals surface area contributed by atoms with Crippen LogP contribution in [0.1, 0.15) is 24.1 Å². The van der Waals surface area contributed by atoms with Crippen LogP contribution in [-0.4, -0.2) is 73.0 Å². The monoisotopic (exact) mass is 431 g/mol. The zero-order chi connectivity index (χ0) is 21.8. The number of piperidine rings is 1. The fourth-order valence-electron chi connectivity index (χ4n) is 3.75. The third-order valence-corrected chi connectivity index (χ3v) is 5.18. The van der Waals surface area contributed by atoms with Crippen LogP contribution in [-0.2, 0) is 9.53 Å². The number of likely N-dealkylation sites (tertiary alicyclic amines) is 1. The molecule has 0 radical (unpaired) electrons. The van der Waals surface area contributed by atoms with E-state index in [-0.39, 0.29) is 37.0 Å². The number of carbonyl (C=O) groups excluding carboxylic acids is 2. The van der Waals surface area contributed by atoms with Crippen molar-refractivity contribution >= 4 is 17.6 Å². The summed E-state index contributed by atoms with van der Waals surface area (Å²) in [6, 6.07) is 4.60. The lowest BCUT2D eigenvalue weighted by Gasteiger charge is -2.37. The largest absolute Gasteiger partial charge is 0.486 e. The summed E-state index contributed by atoms with van der Waals surface area (Å²) in [6.45, 7) is 3.40. The number of ether oxygens (including phenoxy) is 3. The molecule has 1 saturated heterocycles. The summed E-state index contributed by atoms with van der Waals surface area (Å²) >= 11 is 0. The number of hydrogen-bond acceptors (Lipinski definition) is 8. The Bertz CT molecular complexity index is 948. The molecule has 11 heteroatoms. The zero-order valence-electron chi connectivity index (χ0n) is 17.4. The average molecular weight is 431 g/mol. The van der Waals surface area contributed by atoms with Gasteiger partial charge in [0.1, 0.15) is 19.8 Å². The second-order valence-corrected chi connectivity index (χ2v) is 7.42. The van der Waals surface area contributed by atoms with E-state index in [1.165, 1.54) is 7.11 Å². The Morgan fingerprint density at radius 3 is 2.81 bits per heavy atom. The molecule has 0 aliphatic carbocycles. The Labute approximate surface area is 179 Å². The van der Waals surface area contributed by atoms with E-state index in [0.29, 0.717) is 55.1 Å². The maximum Gasteiger partial charge on any atom is 0.321 e. The van der Waals surface area contributed by atoms with Gasteiger partial charge < -0.3 is 34.3 Å². The number of urea groups is 1. The van der Waals surface area contributed by atoms with Gasteiger partial charge in [0.05, 0.1) is 12.0 Å². The minimum Gasteiger partial charge on any atom is -0.486 e. The highest BCUT2D eigenvalue weighted by molar-refractivity contribution is 5.90. The molecule has 0 unspecified atom stereocenters. The van der Waals surface area contributed by atoms with Gasteiger partial charge in [0.2, 0.25) is 11.8 Å². The molecular weight excluding hydrogens is 406 g/mol. The van der Waals surface area contributed by atoms with Gasteiger partial charge in [-0.2, -0.15) is 4.98 Å². The SMILES string of the molecule is COCC(=O)N[C@@H]1CN(C(=O)Nc2ccc3c(c2)OCCO3)CC[C@@H]1c1nc(C)no1. The summed E-state index contributed by atoms with van der Waals surface area (Å²) in [6.07, 6.45) is 0.564. The molecule has 1 aromatic carbocycles. The maximum atomic E-state index is 12.9. The summed E-state index contributed by atoms with van der Waals surface area (Å²) < 4.78 is 21.3. The molecule has 2 N–H and O–H groups in total. The highest BCUT2D eigenvalue weighted by atomic mass is 16.6. The summed E-state index contributed by atoms with van der Waals surface area (Å²) in [5.74, 6) is 1.76. The number of rotatable bonds is 5. The predicted molar refractivity (Wildman–Crippen MR) is 108 cm³/mol. The minimum absolute atomic E-state index is 0.0739. The molecule has 0 spiro atoms. The van der Waals surface area contributed by atoms with Gasteiger partial charge in [-0.05, 0) is 25.5 Å². The smallest absolute Gasteiger partial charge is 0.321 e. The van der Waals surface area contributed by atoms with E-state index in [0.717, 1.165) is 0 Å². The number of aryl methyl sites for hydroxylation is 1. The number of nitrogens with one attached hydrogen (secondary N) is 2. The fourth-order valence-corrected chi connectivity index (χ4v) is 3.75. The van der Waals surface area contributed by atoms with Gasteiger partial charge in [0.15, 0.2) is 17.3 Å². The molecule has 166 valence electrons. The van der Waals surface area contributed by atoms with Crippen molar-refractivity contribution in [3.63, 3.8) is 0 Å². The zero-order valence-corrected chi connectivity index (χ0v) is 17.4. The first kappa shape index (κ1) is 20.9. The number of hydrogen-bond donors (Lipinski definition) is 2. The van der Waals surface area contributed by atoms with E-state index in [1.54, 1.807) is 30.0 Å². The fraction of sp³-hybridized carbons (Fsp3) is 0.500. The van der Waals surface area contributed by atoms with E-state index < -0.39 is 0 Å². The van der Waals surface area contributed by atoms with Gasteiger partial charge in [-0.1, -0.05) is 5.16 Å². The van der Waals surface area contributed by atoms with E-state index >= 15 is 0 Å². The number of aromatic nitrogens is 2. The Morgan fingerprint density at radius 2 is 2.06 bits per heavy atom. The van der Waals surface area contributed by atoms with Crippen molar-refractivity contribution in [1.82, 2.24) is 20.4 Å². The highest BCUT2D eigenvalue weighted by Gasteiger charge is 2.36. The summed E-state index contributed by atoms with van der Waals surface area (Å²) in [5.41, 5.74) is 0.601. The molecule has 11 nitrogen and oxygen atoms in total. The first-order valence-electron chi connectivity index (χ1n) is 10.1. The molecule has 2 aliphatic heterocycles. The Hall–Kier alpha value is -3.34. The molecule has 2 aromatic rings. The van der Waals surface area contributed by atoms with Crippen LogP contribution in [0, 0.1) is 6.92 Å². The second kappa shape index (κ2) is 9.21. The molecule has 1 aromatic heterocycles. The van der Waals surface area contributed by atoms with Crippen LogP contribution in [0.4, 0.5) is 10.5 Å². The number of benzene rings is 1. The van der Waals surface area contributed by atoms with Crippen molar-refractivity contribution in [3.8, 4) is 11.5 Å². The quantitative estimate of drug-likeness (QED) is 0.725. The Morgan fingerprint density at radius 1 is 1.26 bits per heavy atom. The van der Waals surface area contributed by atoms with Gasteiger partial charge in [0.25, 0.3) is 0 Å². The Balaban J connectivity index is 1.45. The topological polar surface area (TPSA) is 128 Å². The van der Waals surface area contributed by atoms with Crippen LogP contribution < -0.4 is 20.1 Å². The lowest BCUT2D eigenvalue weighted by atomic mass is 9.91. The van der Waals surface area contributed by atoms with Gasteiger partial charge in [-0.15, -0.1) is 0 Å². The highest BCUT2D eigenvalue weighted by Crippen LogP contribution is 2.33. The number of carbonyl (C=O) groups is 2. The average Bonchev–Trinajstić information content (AvgIpc) is 3.19. The predicted octanol–water partition coefficient (Wildman–Crippen LogP) is 1.30. The third kappa shape index (κ3) is 4.88. The first-order chi connectivity index (χ1) is 15.0. The lowest BCUT2D eigenvalue weighted by Crippen LogP contribution is -2.54. The van der Waals surface area contributed by atoms with E-state index in [2.05, 4.69) is 20.8 Å². The number of amides is 3. The Kier molecular flexibility index (Phi) is 6.21. The number of anilines is 1. The number of nitrogens with zero attached hydrogens (tertiary/aromatic N) is 3. The van der Waals surface area contributed by atoms with Gasteiger partial charge in [0, 0.05) is 32.0 Å². The lowest BCUT2D eigenvalue weighted by molar-refractivity contribution is -0.126. The molecule has 31 heavy (non-hydrogen) atoms. The van der Waals surface area contributed by atoms with Crippen LogP contribution in [0.3, 0.4) is 0 Å². The molecule has 3 heterocycles. The van der Waals surface area contributed by atoms with Crippen LogP contribution >= 0.6 is 0 Å². The van der Waals surface area contributed by atoms with Crippen molar-refractivity contribution in [3.05, 3.63) is 29.9 Å². The second-order valence-electron chi connectivity index (χ2n) is 7.42. The van der Waals surface area contributed by atoms with Crippen LogP contribution in [0.25, 0.3) is 0 Å². The van der Waals surface area contributed by atoms with Gasteiger partial charge in [-0.25, -0.2) is 4.79 Å². The molecule has 0 bridgehead atoms. The summed E-state index contributed by atoms with van der Waals surface area (Å²) in [5, 5.41) is 9.65. The molecule has 2 aliphatic rings. The van der Waals surface area contributed by atoms with Crippen molar-refractivity contribution in [2.45, 2.75) is 25.3 Å². The van der Waals surface area contributed by atoms with E-state index in [4.69, 9.17) is 18.7 Å². The molecular formula is C20H25N5O6. The molecule has 0 saturated carbocycles.